The first kappa shape index (κ1) is 16.8. The van der Waals surface area contributed by atoms with Gasteiger partial charge in [0.25, 0.3) is 0 Å². The quantitative estimate of drug-likeness (QED) is 0.586. The van der Waals surface area contributed by atoms with Crippen LogP contribution in [0.2, 0.25) is 0 Å². The molecule has 1 aromatic rings. The minimum Gasteiger partial charge on any atom is -0.462 e. The molecule has 21 heavy (non-hydrogen) atoms. The lowest BCUT2D eigenvalue weighted by Gasteiger charge is -2.24. The molecule has 0 spiro atoms. The summed E-state index contributed by atoms with van der Waals surface area (Å²) in [6, 6.07) is 5.14. The Morgan fingerprint density at radius 1 is 1.33 bits per heavy atom. The molecule has 0 aromatic heterocycles. The predicted octanol–water partition coefficient (Wildman–Crippen LogP) is 1.41. The van der Waals surface area contributed by atoms with Crippen molar-refractivity contribution in [1.29, 1.82) is 0 Å². The van der Waals surface area contributed by atoms with Crippen molar-refractivity contribution in [2.45, 2.75) is 20.3 Å². The third kappa shape index (κ3) is 4.66. The SMILES string of the molecule is CCCN(CC(=O)NC)c1ccc(N)c(C(=O)OCC)c1. The van der Waals surface area contributed by atoms with Crippen LogP contribution in [-0.2, 0) is 9.53 Å². The highest BCUT2D eigenvalue weighted by Gasteiger charge is 2.15. The predicted molar refractivity (Wildman–Crippen MR) is 83.4 cm³/mol. The van der Waals surface area contributed by atoms with E-state index >= 15 is 0 Å². The van der Waals surface area contributed by atoms with Crippen molar-refractivity contribution in [3.63, 3.8) is 0 Å². The van der Waals surface area contributed by atoms with E-state index in [4.69, 9.17) is 10.5 Å². The number of hydrogen-bond acceptors (Lipinski definition) is 5. The molecule has 6 heteroatoms. The number of amides is 1. The van der Waals surface area contributed by atoms with Crippen molar-refractivity contribution in [2.75, 3.05) is 37.4 Å². The van der Waals surface area contributed by atoms with Crippen molar-refractivity contribution >= 4 is 23.3 Å². The minimum atomic E-state index is -0.451. The van der Waals surface area contributed by atoms with Gasteiger partial charge in [0.15, 0.2) is 0 Å². The Bertz CT molecular complexity index is 503. The molecule has 0 saturated carbocycles. The Kier molecular flexibility index (Phi) is 6.52. The van der Waals surface area contributed by atoms with E-state index in [1.54, 1.807) is 32.2 Å². The third-order valence-electron chi connectivity index (χ3n) is 3.00. The summed E-state index contributed by atoms with van der Waals surface area (Å²) in [6.07, 6.45) is 0.885. The number of nitrogens with zero attached hydrogens (tertiary/aromatic N) is 1. The molecule has 0 aliphatic carbocycles. The number of benzene rings is 1. The van der Waals surface area contributed by atoms with Crippen LogP contribution in [0.4, 0.5) is 11.4 Å². The zero-order chi connectivity index (χ0) is 15.8. The molecule has 0 heterocycles. The average molecular weight is 293 g/mol. The number of likely N-dealkylation sites (N-methyl/N-ethyl adjacent to an activating group) is 1. The van der Waals surface area contributed by atoms with Gasteiger partial charge in [0, 0.05) is 25.0 Å². The van der Waals surface area contributed by atoms with Crippen LogP contribution >= 0.6 is 0 Å². The highest BCUT2D eigenvalue weighted by molar-refractivity contribution is 5.96. The van der Waals surface area contributed by atoms with Gasteiger partial charge in [0.2, 0.25) is 5.91 Å². The largest absolute Gasteiger partial charge is 0.462 e. The molecule has 0 aliphatic heterocycles. The summed E-state index contributed by atoms with van der Waals surface area (Å²) in [4.78, 5) is 25.4. The zero-order valence-electron chi connectivity index (χ0n) is 12.8. The number of esters is 1. The number of anilines is 2. The van der Waals surface area contributed by atoms with E-state index in [0.29, 0.717) is 24.4 Å². The molecular weight excluding hydrogens is 270 g/mol. The van der Waals surface area contributed by atoms with Crippen molar-refractivity contribution in [3.8, 4) is 0 Å². The second-order valence-corrected chi connectivity index (χ2v) is 4.59. The van der Waals surface area contributed by atoms with E-state index < -0.39 is 5.97 Å². The number of nitrogens with one attached hydrogen (secondary N) is 1. The Balaban J connectivity index is 3.05. The van der Waals surface area contributed by atoms with Crippen molar-refractivity contribution in [2.24, 2.45) is 0 Å². The molecule has 116 valence electrons. The topological polar surface area (TPSA) is 84.7 Å². The normalized spacial score (nSPS) is 10.0. The van der Waals surface area contributed by atoms with Crippen LogP contribution in [0.25, 0.3) is 0 Å². The van der Waals surface area contributed by atoms with E-state index in [1.165, 1.54) is 0 Å². The van der Waals surface area contributed by atoms with Gasteiger partial charge >= 0.3 is 5.97 Å². The van der Waals surface area contributed by atoms with Crippen molar-refractivity contribution < 1.29 is 14.3 Å². The standard InChI is InChI=1S/C15H23N3O3/c1-4-8-18(10-14(19)17-3)11-6-7-13(16)12(9-11)15(20)21-5-2/h6-7,9H,4-5,8,10,16H2,1-3H3,(H,17,19). The Morgan fingerprint density at radius 2 is 2.05 bits per heavy atom. The summed E-state index contributed by atoms with van der Waals surface area (Å²) < 4.78 is 4.99. The molecule has 0 bridgehead atoms. The molecule has 0 radical (unpaired) electrons. The third-order valence-corrected chi connectivity index (χ3v) is 3.00. The maximum atomic E-state index is 11.9. The maximum Gasteiger partial charge on any atom is 0.340 e. The van der Waals surface area contributed by atoms with Gasteiger partial charge in [-0.1, -0.05) is 6.92 Å². The van der Waals surface area contributed by atoms with Crippen LogP contribution in [0.3, 0.4) is 0 Å². The lowest BCUT2D eigenvalue weighted by molar-refractivity contribution is -0.119. The van der Waals surface area contributed by atoms with Gasteiger partial charge in [-0.15, -0.1) is 0 Å². The zero-order valence-corrected chi connectivity index (χ0v) is 12.8. The fourth-order valence-electron chi connectivity index (χ4n) is 1.95. The summed E-state index contributed by atoms with van der Waals surface area (Å²) in [5.41, 5.74) is 7.29. The molecule has 3 N–H and O–H groups in total. The van der Waals surface area contributed by atoms with Gasteiger partial charge in [-0.25, -0.2) is 4.79 Å². The Morgan fingerprint density at radius 3 is 2.62 bits per heavy atom. The number of carbonyl (C=O) groups excluding carboxylic acids is 2. The first-order valence-corrected chi connectivity index (χ1v) is 7.05. The molecule has 1 rings (SSSR count). The summed E-state index contributed by atoms with van der Waals surface area (Å²) in [6.45, 7) is 5.00. The molecular formula is C15H23N3O3. The summed E-state index contributed by atoms with van der Waals surface area (Å²) in [5.74, 6) is -0.536. The lowest BCUT2D eigenvalue weighted by atomic mass is 10.1. The average Bonchev–Trinajstić information content (AvgIpc) is 2.47. The van der Waals surface area contributed by atoms with Gasteiger partial charge in [-0.3, -0.25) is 4.79 Å². The van der Waals surface area contributed by atoms with E-state index in [0.717, 1.165) is 12.1 Å². The van der Waals surface area contributed by atoms with E-state index in [1.807, 2.05) is 11.8 Å². The molecule has 1 aromatic carbocycles. The minimum absolute atomic E-state index is 0.0852. The van der Waals surface area contributed by atoms with E-state index in [9.17, 15) is 9.59 Å². The van der Waals surface area contributed by atoms with E-state index in [2.05, 4.69) is 5.32 Å². The van der Waals surface area contributed by atoms with Gasteiger partial charge in [-0.05, 0) is 31.5 Å². The first-order chi connectivity index (χ1) is 10.0. The van der Waals surface area contributed by atoms with E-state index in [-0.39, 0.29) is 12.5 Å². The molecule has 0 atom stereocenters. The highest BCUT2D eigenvalue weighted by atomic mass is 16.5. The number of nitrogen functional groups attached to an aromatic ring is 1. The molecule has 6 nitrogen and oxygen atoms in total. The summed E-state index contributed by atoms with van der Waals surface area (Å²) >= 11 is 0. The fraction of sp³-hybridized carbons (Fsp3) is 0.467. The lowest BCUT2D eigenvalue weighted by Crippen LogP contribution is -2.36. The van der Waals surface area contributed by atoms with Crippen molar-refractivity contribution in [3.05, 3.63) is 23.8 Å². The number of nitrogens with two attached hydrogens (primary N) is 1. The molecule has 0 fully saturated rings. The summed E-state index contributed by atoms with van der Waals surface area (Å²) in [5, 5.41) is 2.60. The van der Waals surface area contributed by atoms with Gasteiger partial charge < -0.3 is 20.7 Å². The van der Waals surface area contributed by atoms with Crippen LogP contribution in [-0.4, -0.2) is 38.6 Å². The molecule has 0 unspecified atom stereocenters. The van der Waals surface area contributed by atoms with Crippen LogP contribution in [0.1, 0.15) is 30.6 Å². The number of hydrogen-bond donors (Lipinski definition) is 2. The van der Waals surface area contributed by atoms with Gasteiger partial charge in [0.1, 0.15) is 0 Å². The van der Waals surface area contributed by atoms with Gasteiger partial charge in [0.05, 0.1) is 18.7 Å². The van der Waals surface area contributed by atoms with Crippen LogP contribution in [0.15, 0.2) is 18.2 Å². The molecule has 1 amide bonds. The van der Waals surface area contributed by atoms with Crippen molar-refractivity contribution in [1.82, 2.24) is 5.32 Å². The maximum absolute atomic E-state index is 11.9. The molecule has 0 saturated heterocycles. The number of ether oxygens (including phenoxy) is 1. The van der Waals surface area contributed by atoms with Crippen LogP contribution in [0.5, 0.6) is 0 Å². The van der Waals surface area contributed by atoms with Crippen LogP contribution < -0.4 is 16.0 Å². The highest BCUT2D eigenvalue weighted by Crippen LogP contribution is 2.22. The monoisotopic (exact) mass is 293 g/mol. The second kappa shape index (κ2) is 8.14. The smallest absolute Gasteiger partial charge is 0.340 e. The summed E-state index contributed by atoms with van der Waals surface area (Å²) in [7, 11) is 1.60. The second-order valence-electron chi connectivity index (χ2n) is 4.59. The fourth-order valence-corrected chi connectivity index (χ4v) is 1.95. The number of carbonyl (C=O) groups is 2. The number of rotatable bonds is 7. The molecule has 0 aliphatic rings. The first-order valence-electron chi connectivity index (χ1n) is 7.05. The van der Waals surface area contributed by atoms with Crippen LogP contribution in [0, 0.1) is 0 Å². The Labute approximate surface area is 125 Å². The van der Waals surface area contributed by atoms with Gasteiger partial charge in [-0.2, -0.15) is 0 Å². The Hall–Kier alpha value is -2.24.